The van der Waals surface area contributed by atoms with E-state index in [1.54, 1.807) is 6.92 Å². The molecule has 1 saturated heterocycles. The molecule has 5 heteroatoms. The summed E-state index contributed by atoms with van der Waals surface area (Å²) in [5.41, 5.74) is 6.62. The van der Waals surface area contributed by atoms with Crippen molar-refractivity contribution in [2.75, 3.05) is 13.2 Å². The molecule has 1 unspecified atom stereocenters. The lowest BCUT2D eigenvalue weighted by molar-refractivity contribution is -0.127. The van der Waals surface area contributed by atoms with Crippen LogP contribution in [0, 0.1) is 5.41 Å². The van der Waals surface area contributed by atoms with Gasteiger partial charge in [0.15, 0.2) is 0 Å². The number of benzene rings is 1. The maximum Gasteiger partial charge on any atom is 0.244 e. The van der Waals surface area contributed by atoms with Crippen LogP contribution < -0.4 is 11.1 Å². The van der Waals surface area contributed by atoms with Gasteiger partial charge in [0.1, 0.15) is 5.54 Å². The molecule has 1 aliphatic carbocycles. The summed E-state index contributed by atoms with van der Waals surface area (Å²) < 4.78 is 6.48. The third kappa shape index (κ3) is 3.84. The van der Waals surface area contributed by atoms with Crippen LogP contribution in [0.1, 0.15) is 51.0 Å². The second-order valence-corrected chi connectivity index (χ2v) is 8.49. The smallest absolute Gasteiger partial charge is 0.244 e. The van der Waals surface area contributed by atoms with E-state index < -0.39 is 5.54 Å². The number of nitrogens with one attached hydrogen (secondary N) is 1. The van der Waals surface area contributed by atoms with Gasteiger partial charge in [0.25, 0.3) is 0 Å². The van der Waals surface area contributed by atoms with Crippen LogP contribution in [-0.2, 0) is 15.1 Å². The van der Waals surface area contributed by atoms with Crippen molar-refractivity contribution in [2.24, 2.45) is 11.1 Å². The predicted molar refractivity (Wildman–Crippen MR) is 98.6 cm³/mol. The number of hydrogen-bond donors (Lipinski definition) is 2. The SMILES string of the molecule is CC(N)(C(=O)NC1CCC2(CCOCC2)CC1)c1ccc(Br)cc1. The molecule has 1 heterocycles. The van der Waals surface area contributed by atoms with Crippen LogP contribution in [0.3, 0.4) is 0 Å². The largest absolute Gasteiger partial charge is 0.381 e. The van der Waals surface area contributed by atoms with Crippen molar-refractivity contribution in [1.29, 1.82) is 0 Å². The van der Waals surface area contributed by atoms with Gasteiger partial charge in [0.2, 0.25) is 5.91 Å². The summed E-state index contributed by atoms with van der Waals surface area (Å²) in [7, 11) is 0. The van der Waals surface area contributed by atoms with Crippen molar-refractivity contribution in [3.63, 3.8) is 0 Å². The Hall–Kier alpha value is -0.910. The molecular formula is C19H27BrN2O2. The van der Waals surface area contributed by atoms with E-state index >= 15 is 0 Å². The molecule has 0 bridgehead atoms. The van der Waals surface area contributed by atoms with E-state index in [1.165, 1.54) is 25.7 Å². The minimum Gasteiger partial charge on any atom is -0.381 e. The lowest BCUT2D eigenvalue weighted by atomic mass is 9.68. The summed E-state index contributed by atoms with van der Waals surface area (Å²) in [6.45, 7) is 3.57. The number of rotatable bonds is 3. The molecule has 2 aliphatic rings. The minimum absolute atomic E-state index is 0.0854. The maximum atomic E-state index is 12.7. The molecule has 132 valence electrons. The fraction of sp³-hybridized carbons (Fsp3) is 0.632. The molecular weight excluding hydrogens is 368 g/mol. The molecule has 1 spiro atoms. The van der Waals surface area contributed by atoms with Crippen LogP contribution in [0.2, 0.25) is 0 Å². The molecule has 3 N–H and O–H groups in total. The predicted octanol–water partition coefficient (Wildman–Crippen LogP) is 3.48. The Bertz CT molecular complexity index is 570. The zero-order chi connectivity index (χ0) is 17.2. The van der Waals surface area contributed by atoms with Gasteiger partial charge in [0, 0.05) is 23.7 Å². The highest BCUT2D eigenvalue weighted by molar-refractivity contribution is 9.10. The molecule has 4 nitrogen and oxygen atoms in total. The molecule has 3 rings (SSSR count). The highest BCUT2D eigenvalue weighted by Crippen LogP contribution is 2.44. The minimum atomic E-state index is -1.01. The summed E-state index contributed by atoms with van der Waals surface area (Å²) in [6.07, 6.45) is 6.79. The van der Waals surface area contributed by atoms with E-state index in [0.717, 1.165) is 36.1 Å². The first-order chi connectivity index (χ1) is 11.4. The van der Waals surface area contributed by atoms with Gasteiger partial charge in [-0.3, -0.25) is 4.79 Å². The van der Waals surface area contributed by atoms with Crippen molar-refractivity contribution >= 4 is 21.8 Å². The molecule has 1 atom stereocenters. The summed E-state index contributed by atoms with van der Waals surface area (Å²) >= 11 is 3.41. The van der Waals surface area contributed by atoms with E-state index in [9.17, 15) is 4.79 Å². The van der Waals surface area contributed by atoms with Crippen LogP contribution in [0.5, 0.6) is 0 Å². The van der Waals surface area contributed by atoms with E-state index in [1.807, 2.05) is 24.3 Å². The van der Waals surface area contributed by atoms with E-state index in [2.05, 4.69) is 21.2 Å². The maximum absolute atomic E-state index is 12.7. The van der Waals surface area contributed by atoms with Crippen molar-refractivity contribution in [3.8, 4) is 0 Å². The van der Waals surface area contributed by atoms with Gasteiger partial charge >= 0.3 is 0 Å². The fourth-order valence-corrected chi connectivity index (χ4v) is 4.21. The van der Waals surface area contributed by atoms with E-state index in [0.29, 0.717) is 5.41 Å². The molecule has 1 aromatic carbocycles. The Morgan fingerprint density at radius 1 is 1.21 bits per heavy atom. The molecule has 24 heavy (non-hydrogen) atoms. The van der Waals surface area contributed by atoms with Crippen molar-refractivity contribution in [1.82, 2.24) is 5.32 Å². The highest BCUT2D eigenvalue weighted by Gasteiger charge is 2.38. The van der Waals surface area contributed by atoms with Crippen molar-refractivity contribution < 1.29 is 9.53 Å². The zero-order valence-corrected chi connectivity index (χ0v) is 15.9. The molecule has 0 radical (unpaired) electrons. The average molecular weight is 395 g/mol. The van der Waals surface area contributed by atoms with Crippen LogP contribution in [0.25, 0.3) is 0 Å². The van der Waals surface area contributed by atoms with Gasteiger partial charge in [-0.05, 0) is 68.6 Å². The zero-order valence-electron chi connectivity index (χ0n) is 14.3. The fourth-order valence-electron chi connectivity index (χ4n) is 3.94. The number of carbonyl (C=O) groups excluding carboxylic acids is 1. The lowest BCUT2D eigenvalue weighted by Gasteiger charge is -2.43. The van der Waals surface area contributed by atoms with Gasteiger partial charge in [0.05, 0.1) is 0 Å². The normalized spacial score (nSPS) is 23.6. The van der Waals surface area contributed by atoms with Crippen LogP contribution in [0.15, 0.2) is 28.7 Å². The Kier molecular flexibility index (Phi) is 5.33. The van der Waals surface area contributed by atoms with E-state index in [4.69, 9.17) is 10.5 Å². The number of nitrogens with two attached hydrogens (primary N) is 1. The van der Waals surface area contributed by atoms with Gasteiger partial charge in [-0.1, -0.05) is 28.1 Å². The first-order valence-corrected chi connectivity index (χ1v) is 9.64. The van der Waals surface area contributed by atoms with Crippen LogP contribution in [-0.4, -0.2) is 25.2 Å². The van der Waals surface area contributed by atoms with E-state index in [-0.39, 0.29) is 11.9 Å². The Balaban J connectivity index is 1.58. The third-order valence-electron chi connectivity index (χ3n) is 5.85. The van der Waals surface area contributed by atoms with Gasteiger partial charge in [-0.2, -0.15) is 0 Å². The summed E-state index contributed by atoms with van der Waals surface area (Å²) in [4.78, 5) is 12.7. The summed E-state index contributed by atoms with van der Waals surface area (Å²) in [5.74, 6) is -0.0854. The number of hydrogen-bond acceptors (Lipinski definition) is 3. The number of amides is 1. The molecule has 1 amide bonds. The highest BCUT2D eigenvalue weighted by atomic mass is 79.9. The topological polar surface area (TPSA) is 64.4 Å². The molecule has 0 aromatic heterocycles. The lowest BCUT2D eigenvalue weighted by Crippen LogP contribution is -2.53. The summed E-state index contributed by atoms with van der Waals surface area (Å²) in [6, 6.07) is 7.89. The first kappa shape index (κ1) is 17.9. The Morgan fingerprint density at radius 3 is 2.38 bits per heavy atom. The van der Waals surface area contributed by atoms with Crippen LogP contribution >= 0.6 is 15.9 Å². The van der Waals surface area contributed by atoms with Gasteiger partial charge in [-0.25, -0.2) is 0 Å². The first-order valence-electron chi connectivity index (χ1n) is 8.85. The van der Waals surface area contributed by atoms with Crippen molar-refractivity contribution in [2.45, 2.75) is 57.0 Å². The standard InChI is InChI=1S/C19H27BrN2O2/c1-18(21,14-2-4-15(20)5-3-14)17(23)22-16-6-8-19(9-7-16)10-12-24-13-11-19/h2-5,16H,6-13,21H2,1H3,(H,22,23). The second kappa shape index (κ2) is 7.14. The molecule has 1 aromatic rings. The second-order valence-electron chi connectivity index (χ2n) is 7.57. The third-order valence-corrected chi connectivity index (χ3v) is 6.38. The van der Waals surface area contributed by atoms with Gasteiger partial charge < -0.3 is 15.8 Å². The summed E-state index contributed by atoms with van der Waals surface area (Å²) in [5, 5.41) is 3.19. The monoisotopic (exact) mass is 394 g/mol. The molecule has 1 aliphatic heterocycles. The average Bonchev–Trinajstić information content (AvgIpc) is 2.58. The molecule has 1 saturated carbocycles. The van der Waals surface area contributed by atoms with Crippen LogP contribution in [0.4, 0.5) is 0 Å². The van der Waals surface area contributed by atoms with Gasteiger partial charge in [-0.15, -0.1) is 0 Å². The Morgan fingerprint density at radius 2 is 1.79 bits per heavy atom. The number of carbonyl (C=O) groups is 1. The quantitative estimate of drug-likeness (QED) is 0.824. The number of halogens is 1. The number of ether oxygens (including phenoxy) is 1. The Labute approximate surface area is 152 Å². The van der Waals surface area contributed by atoms with Crippen molar-refractivity contribution in [3.05, 3.63) is 34.3 Å². The molecule has 2 fully saturated rings.